The maximum atomic E-state index is 9.00. The lowest BCUT2D eigenvalue weighted by molar-refractivity contribution is 0.122. The molecule has 0 aliphatic carbocycles. The highest BCUT2D eigenvalue weighted by Gasteiger charge is 2.21. The summed E-state index contributed by atoms with van der Waals surface area (Å²) in [5, 5.41) is 13.2. The molecule has 1 fully saturated rings. The van der Waals surface area contributed by atoms with E-state index in [1.807, 2.05) is 4.90 Å². The number of morpholine rings is 1. The Balaban J connectivity index is 2.35. The van der Waals surface area contributed by atoms with Crippen LogP contribution in [0.1, 0.15) is 5.56 Å². The molecule has 0 saturated carbocycles. The van der Waals surface area contributed by atoms with Crippen molar-refractivity contribution in [1.82, 2.24) is 9.78 Å². The minimum absolute atomic E-state index is 0.416. The maximum absolute atomic E-state index is 9.00. The quantitative estimate of drug-likeness (QED) is 0.684. The number of nitrogens with zero attached hydrogens (tertiary/aromatic N) is 4. The lowest BCUT2D eigenvalue weighted by Crippen LogP contribution is -2.36. The van der Waals surface area contributed by atoms with E-state index in [0.29, 0.717) is 30.4 Å². The fraction of sp³-hybridized carbons (Fsp3) is 0.556. The Bertz CT molecular complexity index is 399. The summed E-state index contributed by atoms with van der Waals surface area (Å²) in [6.07, 6.45) is 0. The Morgan fingerprint density at radius 2 is 2.13 bits per heavy atom. The van der Waals surface area contributed by atoms with Gasteiger partial charge in [-0.3, -0.25) is 0 Å². The lowest BCUT2D eigenvalue weighted by atomic mass is 10.3. The van der Waals surface area contributed by atoms with Gasteiger partial charge in [-0.05, 0) is 0 Å². The van der Waals surface area contributed by atoms with Crippen LogP contribution in [0.4, 0.5) is 11.6 Å². The first-order chi connectivity index (χ1) is 7.24. The van der Waals surface area contributed by atoms with Gasteiger partial charge in [-0.2, -0.15) is 10.4 Å². The SMILES string of the molecule is Cn1nc(N2CCOCC2)c(C#N)c1N. The van der Waals surface area contributed by atoms with Crippen LogP contribution in [0.3, 0.4) is 0 Å². The van der Waals surface area contributed by atoms with Crippen LogP contribution in [0.15, 0.2) is 0 Å². The molecule has 6 nitrogen and oxygen atoms in total. The Morgan fingerprint density at radius 1 is 1.47 bits per heavy atom. The molecule has 1 saturated heterocycles. The molecular weight excluding hydrogens is 194 g/mol. The van der Waals surface area contributed by atoms with Gasteiger partial charge >= 0.3 is 0 Å². The number of aryl methyl sites for hydroxylation is 1. The first kappa shape index (κ1) is 9.80. The Morgan fingerprint density at radius 3 is 2.73 bits per heavy atom. The maximum Gasteiger partial charge on any atom is 0.171 e. The molecule has 0 radical (unpaired) electrons. The molecule has 2 N–H and O–H groups in total. The van der Waals surface area contributed by atoms with Crippen LogP contribution >= 0.6 is 0 Å². The number of nitrogens with two attached hydrogens (primary N) is 1. The highest BCUT2D eigenvalue weighted by molar-refractivity contribution is 5.64. The minimum atomic E-state index is 0.416. The van der Waals surface area contributed by atoms with Crippen molar-refractivity contribution in [2.45, 2.75) is 0 Å². The molecule has 6 heteroatoms. The molecule has 0 aromatic carbocycles. The van der Waals surface area contributed by atoms with Crippen LogP contribution in [0, 0.1) is 11.3 Å². The van der Waals surface area contributed by atoms with E-state index in [-0.39, 0.29) is 0 Å². The monoisotopic (exact) mass is 207 g/mol. The minimum Gasteiger partial charge on any atom is -0.383 e. The molecule has 1 aliphatic heterocycles. The van der Waals surface area contributed by atoms with Gasteiger partial charge in [-0.15, -0.1) is 0 Å². The van der Waals surface area contributed by atoms with Gasteiger partial charge in [-0.25, -0.2) is 4.68 Å². The Labute approximate surface area is 87.8 Å². The average molecular weight is 207 g/mol. The zero-order chi connectivity index (χ0) is 10.8. The number of rotatable bonds is 1. The molecule has 1 aromatic rings. The Hall–Kier alpha value is -1.74. The van der Waals surface area contributed by atoms with E-state index in [1.54, 1.807) is 7.05 Å². The molecule has 0 bridgehead atoms. The van der Waals surface area contributed by atoms with Crippen LogP contribution in [-0.4, -0.2) is 36.1 Å². The van der Waals surface area contributed by atoms with Crippen LogP contribution in [0.25, 0.3) is 0 Å². The van der Waals surface area contributed by atoms with E-state index < -0.39 is 0 Å². The van der Waals surface area contributed by atoms with E-state index in [0.717, 1.165) is 13.1 Å². The number of ether oxygens (including phenoxy) is 1. The number of hydrogen-bond acceptors (Lipinski definition) is 5. The van der Waals surface area contributed by atoms with Gasteiger partial charge in [0.25, 0.3) is 0 Å². The fourth-order valence-electron chi connectivity index (χ4n) is 1.63. The first-order valence-corrected chi connectivity index (χ1v) is 4.79. The molecule has 80 valence electrons. The van der Waals surface area contributed by atoms with Gasteiger partial charge in [0, 0.05) is 20.1 Å². The number of aromatic nitrogens is 2. The molecular formula is C9H13N5O. The summed E-state index contributed by atoms with van der Waals surface area (Å²) in [5.74, 6) is 1.08. The zero-order valence-corrected chi connectivity index (χ0v) is 8.60. The van der Waals surface area contributed by atoms with E-state index in [1.165, 1.54) is 4.68 Å². The highest BCUT2D eigenvalue weighted by Crippen LogP contribution is 2.23. The molecule has 1 aromatic heterocycles. The van der Waals surface area contributed by atoms with Crippen LogP contribution in [0.5, 0.6) is 0 Å². The first-order valence-electron chi connectivity index (χ1n) is 4.79. The van der Waals surface area contributed by atoms with Crippen molar-refractivity contribution in [1.29, 1.82) is 5.26 Å². The van der Waals surface area contributed by atoms with E-state index in [2.05, 4.69) is 11.2 Å². The number of nitriles is 1. The zero-order valence-electron chi connectivity index (χ0n) is 8.60. The molecule has 0 atom stereocenters. The van der Waals surface area contributed by atoms with Gasteiger partial charge in [-0.1, -0.05) is 0 Å². The van der Waals surface area contributed by atoms with Crippen molar-refractivity contribution in [3.8, 4) is 6.07 Å². The predicted octanol–water partition coefficient (Wildman–Crippen LogP) is -0.289. The van der Waals surface area contributed by atoms with Crippen molar-refractivity contribution in [2.75, 3.05) is 36.9 Å². The van der Waals surface area contributed by atoms with Crippen molar-refractivity contribution >= 4 is 11.6 Å². The van der Waals surface area contributed by atoms with Crippen LogP contribution in [-0.2, 0) is 11.8 Å². The third kappa shape index (κ3) is 1.62. The van der Waals surface area contributed by atoms with Crippen molar-refractivity contribution < 1.29 is 4.74 Å². The summed E-state index contributed by atoms with van der Waals surface area (Å²) in [5.41, 5.74) is 6.20. The van der Waals surface area contributed by atoms with Crippen molar-refractivity contribution in [3.63, 3.8) is 0 Å². The standard InChI is InChI=1S/C9H13N5O/c1-13-8(11)7(6-10)9(12-13)14-2-4-15-5-3-14/h2-5,11H2,1H3. The summed E-state index contributed by atoms with van der Waals surface area (Å²) in [4.78, 5) is 2.03. The summed E-state index contributed by atoms with van der Waals surface area (Å²) >= 11 is 0. The normalized spacial score (nSPS) is 16.4. The van der Waals surface area contributed by atoms with Gasteiger partial charge in [0.05, 0.1) is 13.2 Å². The van der Waals surface area contributed by atoms with Crippen molar-refractivity contribution in [2.24, 2.45) is 7.05 Å². The molecule has 2 rings (SSSR count). The van der Waals surface area contributed by atoms with Gasteiger partial charge in [0.15, 0.2) is 5.82 Å². The topological polar surface area (TPSA) is 80.1 Å². The Kier molecular flexibility index (Phi) is 2.47. The van der Waals surface area contributed by atoms with E-state index in [9.17, 15) is 0 Å². The fourth-order valence-corrected chi connectivity index (χ4v) is 1.63. The second-order valence-electron chi connectivity index (χ2n) is 3.42. The van der Waals surface area contributed by atoms with Crippen LogP contribution in [0.2, 0.25) is 0 Å². The molecule has 15 heavy (non-hydrogen) atoms. The average Bonchev–Trinajstić information content (AvgIpc) is 2.56. The number of hydrogen-bond donors (Lipinski definition) is 1. The van der Waals surface area contributed by atoms with Crippen LogP contribution < -0.4 is 10.6 Å². The smallest absolute Gasteiger partial charge is 0.171 e. The molecule has 2 heterocycles. The van der Waals surface area contributed by atoms with Crippen molar-refractivity contribution in [3.05, 3.63) is 5.56 Å². The van der Waals surface area contributed by atoms with Gasteiger partial charge < -0.3 is 15.4 Å². The second kappa shape index (κ2) is 3.79. The predicted molar refractivity (Wildman–Crippen MR) is 55.4 cm³/mol. The largest absolute Gasteiger partial charge is 0.383 e. The molecule has 0 spiro atoms. The van der Waals surface area contributed by atoms with Gasteiger partial charge in [0.2, 0.25) is 0 Å². The molecule has 0 amide bonds. The highest BCUT2D eigenvalue weighted by atomic mass is 16.5. The number of anilines is 2. The van der Waals surface area contributed by atoms with E-state index >= 15 is 0 Å². The number of nitrogen functional groups attached to an aromatic ring is 1. The van der Waals surface area contributed by atoms with E-state index in [4.69, 9.17) is 15.7 Å². The molecule has 0 unspecified atom stereocenters. The third-order valence-corrected chi connectivity index (χ3v) is 2.50. The third-order valence-electron chi connectivity index (χ3n) is 2.50. The summed E-state index contributed by atoms with van der Waals surface area (Å²) < 4.78 is 6.77. The summed E-state index contributed by atoms with van der Waals surface area (Å²) in [6, 6.07) is 2.09. The lowest BCUT2D eigenvalue weighted by Gasteiger charge is -2.26. The summed E-state index contributed by atoms with van der Waals surface area (Å²) in [7, 11) is 1.74. The van der Waals surface area contributed by atoms with Gasteiger partial charge in [0.1, 0.15) is 17.5 Å². The summed E-state index contributed by atoms with van der Waals surface area (Å²) in [6.45, 7) is 2.85. The molecule has 1 aliphatic rings. The second-order valence-corrected chi connectivity index (χ2v) is 3.42.